The van der Waals surface area contributed by atoms with Gasteiger partial charge in [0, 0.05) is 24.5 Å². The summed E-state index contributed by atoms with van der Waals surface area (Å²) >= 11 is 0. The minimum Gasteiger partial charge on any atom is -0.487 e. The van der Waals surface area contributed by atoms with E-state index in [-0.39, 0.29) is 5.91 Å². The van der Waals surface area contributed by atoms with Crippen molar-refractivity contribution in [3.8, 4) is 5.75 Å². The number of benzene rings is 1. The number of anilines is 1. The second-order valence-electron chi connectivity index (χ2n) is 5.04. The van der Waals surface area contributed by atoms with Crippen molar-refractivity contribution in [2.24, 2.45) is 0 Å². The van der Waals surface area contributed by atoms with Crippen molar-refractivity contribution in [3.63, 3.8) is 0 Å². The van der Waals surface area contributed by atoms with Gasteiger partial charge in [-0.25, -0.2) is 0 Å². The highest BCUT2D eigenvalue weighted by molar-refractivity contribution is 5.95. The number of nitrogens with two attached hydrogens (primary N) is 1. The van der Waals surface area contributed by atoms with Crippen LogP contribution in [0.25, 0.3) is 0 Å². The number of nitrogen functional groups attached to an aromatic ring is 1. The smallest absolute Gasteiger partial charge is 0.251 e. The van der Waals surface area contributed by atoms with Gasteiger partial charge in [0.05, 0.1) is 5.69 Å². The fourth-order valence-corrected chi connectivity index (χ4v) is 1.81. The van der Waals surface area contributed by atoms with Gasteiger partial charge in [-0.15, -0.1) is 0 Å². The van der Waals surface area contributed by atoms with Crippen molar-refractivity contribution in [2.75, 3.05) is 12.3 Å². The third kappa shape index (κ3) is 4.34. The number of carbonyl (C=O) groups is 1. The first kappa shape index (κ1) is 15.6. The molecule has 1 amide bonds. The van der Waals surface area contributed by atoms with Crippen molar-refractivity contribution in [1.29, 1.82) is 0 Å². The summed E-state index contributed by atoms with van der Waals surface area (Å²) in [5.74, 6) is 0.355. The van der Waals surface area contributed by atoms with Crippen molar-refractivity contribution in [1.82, 2.24) is 10.3 Å². The molecule has 2 aromatic rings. The Hall–Kier alpha value is -2.82. The van der Waals surface area contributed by atoms with Crippen LogP contribution in [0, 0.1) is 0 Å². The van der Waals surface area contributed by atoms with Gasteiger partial charge in [-0.2, -0.15) is 0 Å². The Kier molecular flexibility index (Phi) is 5.14. The van der Waals surface area contributed by atoms with Gasteiger partial charge >= 0.3 is 0 Å². The lowest BCUT2D eigenvalue weighted by Crippen LogP contribution is -2.23. The molecule has 5 nitrogen and oxygen atoms in total. The molecule has 114 valence electrons. The third-order valence-electron chi connectivity index (χ3n) is 2.92. The second-order valence-corrected chi connectivity index (χ2v) is 5.04. The Labute approximate surface area is 129 Å². The molecule has 0 spiro atoms. The molecule has 0 saturated carbocycles. The van der Waals surface area contributed by atoms with E-state index in [0.29, 0.717) is 30.2 Å². The molecule has 0 aliphatic rings. The molecular formula is C17H19N3O2. The Bertz CT molecular complexity index is 669. The number of ether oxygens (including phenoxy) is 1. The molecule has 0 bridgehead atoms. The fraction of sp³-hybridized carbons (Fsp3) is 0.176. The molecule has 1 heterocycles. The number of amides is 1. The molecule has 0 saturated heterocycles. The molecule has 3 N–H and O–H groups in total. The van der Waals surface area contributed by atoms with Crippen LogP contribution in [0.4, 0.5) is 5.69 Å². The Morgan fingerprint density at radius 2 is 2.23 bits per heavy atom. The van der Waals surface area contributed by atoms with Gasteiger partial charge in [0.2, 0.25) is 0 Å². The van der Waals surface area contributed by atoms with Crippen LogP contribution in [0.15, 0.2) is 54.9 Å². The van der Waals surface area contributed by atoms with E-state index in [1.807, 2.05) is 19.1 Å². The van der Waals surface area contributed by atoms with Crippen LogP contribution in [0.3, 0.4) is 0 Å². The first-order valence-electron chi connectivity index (χ1n) is 6.90. The Balaban J connectivity index is 1.98. The van der Waals surface area contributed by atoms with Gasteiger partial charge in [-0.05, 0) is 42.3 Å². The summed E-state index contributed by atoms with van der Waals surface area (Å²) in [4.78, 5) is 16.1. The lowest BCUT2D eigenvalue weighted by atomic mass is 10.1. The first-order valence-corrected chi connectivity index (χ1v) is 6.90. The highest BCUT2D eigenvalue weighted by Gasteiger charge is 2.09. The number of nitrogens with zero attached hydrogens (tertiary/aromatic N) is 1. The maximum atomic E-state index is 12.1. The van der Waals surface area contributed by atoms with Crippen LogP contribution in [0.5, 0.6) is 5.75 Å². The van der Waals surface area contributed by atoms with E-state index < -0.39 is 0 Å². The predicted octanol–water partition coefficient (Wildman–Crippen LogP) is 2.55. The second kappa shape index (κ2) is 7.26. The number of pyridine rings is 1. The van der Waals surface area contributed by atoms with E-state index in [4.69, 9.17) is 10.5 Å². The summed E-state index contributed by atoms with van der Waals surface area (Å²) in [6, 6.07) is 8.70. The fourth-order valence-electron chi connectivity index (χ4n) is 1.81. The zero-order chi connectivity index (χ0) is 15.9. The molecule has 0 aliphatic heterocycles. The Morgan fingerprint density at radius 1 is 1.41 bits per heavy atom. The topological polar surface area (TPSA) is 77.2 Å². The van der Waals surface area contributed by atoms with E-state index in [2.05, 4.69) is 16.9 Å². The van der Waals surface area contributed by atoms with Crippen molar-refractivity contribution < 1.29 is 9.53 Å². The van der Waals surface area contributed by atoms with Gasteiger partial charge in [0.15, 0.2) is 0 Å². The molecule has 1 aromatic heterocycles. The largest absolute Gasteiger partial charge is 0.487 e. The number of hydrogen-bond acceptors (Lipinski definition) is 4. The molecular weight excluding hydrogens is 278 g/mol. The summed E-state index contributed by atoms with van der Waals surface area (Å²) in [5, 5.41) is 2.82. The SMILES string of the molecule is C=C(C)COc1ccc(C(=O)NCc2cccnc2)cc1N. The van der Waals surface area contributed by atoms with E-state index in [0.717, 1.165) is 11.1 Å². The van der Waals surface area contributed by atoms with Gasteiger partial charge in [-0.1, -0.05) is 12.6 Å². The van der Waals surface area contributed by atoms with Crippen LogP contribution in [0.2, 0.25) is 0 Å². The van der Waals surface area contributed by atoms with E-state index in [1.54, 1.807) is 30.6 Å². The van der Waals surface area contributed by atoms with Crippen LogP contribution in [0.1, 0.15) is 22.8 Å². The summed E-state index contributed by atoms with van der Waals surface area (Å²) < 4.78 is 5.50. The average molecular weight is 297 g/mol. The maximum absolute atomic E-state index is 12.1. The number of aromatic nitrogens is 1. The quantitative estimate of drug-likeness (QED) is 0.634. The molecule has 0 radical (unpaired) electrons. The highest BCUT2D eigenvalue weighted by Crippen LogP contribution is 2.23. The van der Waals surface area contributed by atoms with Crippen LogP contribution < -0.4 is 15.8 Å². The minimum absolute atomic E-state index is 0.193. The summed E-state index contributed by atoms with van der Waals surface area (Å²) in [7, 11) is 0. The molecule has 1 aromatic carbocycles. The van der Waals surface area contributed by atoms with Crippen LogP contribution >= 0.6 is 0 Å². The van der Waals surface area contributed by atoms with Gasteiger partial charge in [-0.3, -0.25) is 9.78 Å². The molecule has 0 fully saturated rings. The molecule has 0 atom stereocenters. The number of hydrogen-bond donors (Lipinski definition) is 2. The summed E-state index contributed by atoms with van der Waals surface area (Å²) in [5.41, 5.74) is 8.66. The van der Waals surface area contributed by atoms with Crippen LogP contribution in [-0.4, -0.2) is 17.5 Å². The Morgan fingerprint density at radius 3 is 2.86 bits per heavy atom. The molecule has 2 rings (SSSR count). The molecule has 0 unspecified atom stereocenters. The monoisotopic (exact) mass is 297 g/mol. The van der Waals surface area contributed by atoms with Crippen molar-refractivity contribution >= 4 is 11.6 Å². The maximum Gasteiger partial charge on any atom is 0.251 e. The zero-order valence-corrected chi connectivity index (χ0v) is 12.5. The normalized spacial score (nSPS) is 10.0. The summed E-state index contributed by atoms with van der Waals surface area (Å²) in [6.07, 6.45) is 3.40. The average Bonchev–Trinajstić information content (AvgIpc) is 2.52. The first-order chi connectivity index (χ1) is 10.6. The summed E-state index contributed by atoms with van der Waals surface area (Å²) in [6.45, 7) is 6.45. The number of nitrogens with one attached hydrogen (secondary N) is 1. The van der Waals surface area contributed by atoms with Gasteiger partial charge in [0.1, 0.15) is 12.4 Å². The standard InChI is InChI=1S/C17H19N3O2/c1-12(2)11-22-16-6-5-14(8-15(16)18)17(21)20-10-13-4-3-7-19-9-13/h3-9H,1,10-11,18H2,2H3,(H,20,21). The number of rotatable bonds is 6. The van der Waals surface area contributed by atoms with E-state index in [1.165, 1.54) is 0 Å². The lowest BCUT2D eigenvalue weighted by molar-refractivity contribution is 0.0951. The number of carbonyl (C=O) groups excluding carboxylic acids is 1. The molecule has 22 heavy (non-hydrogen) atoms. The van der Waals surface area contributed by atoms with Crippen molar-refractivity contribution in [2.45, 2.75) is 13.5 Å². The van der Waals surface area contributed by atoms with E-state index >= 15 is 0 Å². The zero-order valence-electron chi connectivity index (χ0n) is 12.5. The highest BCUT2D eigenvalue weighted by atomic mass is 16.5. The van der Waals surface area contributed by atoms with Crippen molar-refractivity contribution in [3.05, 3.63) is 66.0 Å². The van der Waals surface area contributed by atoms with Gasteiger partial charge in [0.25, 0.3) is 5.91 Å². The molecule has 0 aliphatic carbocycles. The predicted molar refractivity (Wildman–Crippen MR) is 86.6 cm³/mol. The third-order valence-corrected chi connectivity index (χ3v) is 2.92. The lowest BCUT2D eigenvalue weighted by Gasteiger charge is -2.10. The van der Waals surface area contributed by atoms with Gasteiger partial charge < -0.3 is 15.8 Å². The molecule has 5 heteroatoms. The van der Waals surface area contributed by atoms with Crippen LogP contribution in [-0.2, 0) is 6.54 Å². The van der Waals surface area contributed by atoms with E-state index in [9.17, 15) is 4.79 Å². The minimum atomic E-state index is -0.193.